The van der Waals surface area contributed by atoms with E-state index in [9.17, 15) is 4.79 Å². The highest BCUT2D eigenvalue weighted by Crippen LogP contribution is 2.44. The molecule has 1 amide bonds. The third kappa shape index (κ3) is 4.13. The molecule has 1 aliphatic rings. The lowest BCUT2D eigenvalue weighted by atomic mass is 9.98. The highest BCUT2D eigenvalue weighted by atomic mass is 79.9. The molecular weight excluding hydrogens is 438 g/mol. The maximum absolute atomic E-state index is 12.2. The Morgan fingerprint density at radius 1 is 1.00 bits per heavy atom. The van der Waals surface area contributed by atoms with Crippen molar-refractivity contribution in [3.63, 3.8) is 0 Å². The van der Waals surface area contributed by atoms with Gasteiger partial charge in [0.15, 0.2) is 0 Å². The number of hydrogen-bond acceptors (Lipinski definition) is 2. The maximum atomic E-state index is 12.2. The van der Waals surface area contributed by atoms with Crippen molar-refractivity contribution < 1.29 is 9.53 Å². The third-order valence-electron chi connectivity index (χ3n) is 5.38. The number of hydrogen-bond donors (Lipinski definition) is 1. The van der Waals surface area contributed by atoms with Crippen LogP contribution in [0.3, 0.4) is 0 Å². The van der Waals surface area contributed by atoms with Crippen molar-refractivity contribution in [1.82, 2.24) is 5.32 Å². The van der Waals surface area contributed by atoms with Crippen molar-refractivity contribution in [2.45, 2.75) is 19.8 Å². The van der Waals surface area contributed by atoms with Crippen LogP contribution in [0.4, 0.5) is 4.79 Å². The number of carbonyl (C=O) groups is 1. The number of fused-ring (bicyclic) bond motifs is 3. The van der Waals surface area contributed by atoms with Crippen molar-refractivity contribution in [2.75, 3.05) is 13.2 Å². The molecule has 30 heavy (non-hydrogen) atoms. The van der Waals surface area contributed by atoms with Gasteiger partial charge in [-0.3, -0.25) is 0 Å². The number of halogens is 1. The van der Waals surface area contributed by atoms with Crippen molar-refractivity contribution >= 4 is 22.0 Å². The fraction of sp³-hybridized carbons (Fsp3) is 0.192. The first kappa shape index (κ1) is 20.3. The highest BCUT2D eigenvalue weighted by molar-refractivity contribution is 9.10. The SMILES string of the molecule is Cc1cc(Br)cc(C)c1C#CCNC(=O)OCC1c2ccccc2-c2ccccc21. The van der Waals surface area contributed by atoms with Crippen LogP contribution in [0.1, 0.15) is 33.7 Å². The third-order valence-corrected chi connectivity index (χ3v) is 5.83. The van der Waals surface area contributed by atoms with E-state index in [0.717, 1.165) is 21.2 Å². The summed E-state index contributed by atoms with van der Waals surface area (Å²) in [6, 6.07) is 20.7. The van der Waals surface area contributed by atoms with E-state index in [1.54, 1.807) is 0 Å². The fourth-order valence-corrected chi connectivity index (χ4v) is 4.69. The second-order valence-corrected chi connectivity index (χ2v) is 8.31. The van der Waals surface area contributed by atoms with Crippen LogP contribution in [0.5, 0.6) is 0 Å². The van der Waals surface area contributed by atoms with E-state index in [1.165, 1.54) is 22.3 Å². The Balaban J connectivity index is 1.37. The van der Waals surface area contributed by atoms with E-state index in [0.29, 0.717) is 6.61 Å². The Hall–Kier alpha value is -3.03. The van der Waals surface area contributed by atoms with Gasteiger partial charge in [-0.05, 0) is 59.4 Å². The highest BCUT2D eigenvalue weighted by Gasteiger charge is 2.28. The van der Waals surface area contributed by atoms with Crippen LogP contribution in [0.15, 0.2) is 65.1 Å². The molecular formula is C26H22BrNO2. The molecule has 3 aromatic rings. The molecule has 1 N–H and O–H groups in total. The standard InChI is InChI=1S/C26H22BrNO2/c1-17-14-19(27)15-18(2)20(17)12-7-13-28-26(29)30-16-25-23-10-5-3-8-21(23)22-9-4-6-11-24(22)25/h3-6,8-11,14-15,25H,13,16H2,1-2H3,(H,28,29). The number of alkyl carbamates (subject to hydrolysis) is 1. The summed E-state index contributed by atoms with van der Waals surface area (Å²) in [6.45, 7) is 4.60. The summed E-state index contributed by atoms with van der Waals surface area (Å²) in [5.41, 5.74) is 8.04. The number of aryl methyl sites for hydroxylation is 2. The zero-order valence-corrected chi connectivity index (χ0v) is 18.5. The summed E-state index contributed by atoms with van der Waals surface area (Å²) in [5, 5.41) is 2.73. The van der Waals surface area contributed by atoms with E-state index in [4.69, 9.17) is 4.74 Å². The molecule has 0 fully saturated rings. The first-order valence-electron chi connectivity index (χ1n) is 9.89. The molecule has 0 atom stereocenters. The summed E-state index contributed by atoms with van der Waals surface area (Å²) < 4.78 is 6.57. The number of nitrogens with one attached hydrogen (secondary N) is 1. The summed E-state index contributed by atoms with van der Waals surface area (Å²) in [5.74, 6) is 6.22. The second kappa shape index (κ2) is 8.77. The number of carbonyl (C=O) groups excluding carboxylic acids is 1. The minimum absolute atomic E-state index is 0.0577. The molecule has 3 nitrogen and oxygen atoms in total. The topological polar surface area (TPSA) is 38.3 Å². The van der Waals surface area contributed by atoms with Gasteiger partial charge in [0.05, 0.1) is 6.54 Å². The van der Waals surface area contributed by atoms with Gasteiger partial charge in [0.25, 0.3) is 0 Å². The minimum Gasteiger partial charge on any atom is -0.449 e. The minimum atomic E-state index is -0.449. The van der Waals surface area contributed by atoms with E-state index in [2.05, 4.69) is 57.4 Å². The molecule has 150 valence electrons. The largest absolute Gasteiger partial charge is 0.449 e. The number of benzene rings is 3. The Kier molecular flexibility index (Phi) is 5.92. The molecule has 1 aliphatic carbocycles. The summed E-state index contributed by atoms with van der Waals surface area (Å²) in [7, 11) is 0. The van der Waals surface area contributed by atoms with E-state index < -0.39 is 6.09 Å². The van der Waals surface area contributed by atoms with E-state index in [1.807, 2.05) is 50.2 Å². The van der Waals surface area contributed by atoms with E-state index >= 15 is 0 Å². The van der Waals surface area contributed by atoms with E-state index in [-0.39, 0.29) is 12.5 Å². The predicted molar refractivity (Wildman–Crippen MR) is 124 cm³/mol. The lowest BCUT2D eigenvalue weighted by Crippen LogP contribution is -2.26. The Morgan fingerprint density at radius 3 is 2.17 bits per heavy atom. The zero-order valence-electron chi connectivity index (χ0n) is 17.0. The van der Waals surface area contributed by atoms with Gasteiger partial charge >= 0.3 is 6.09 Å². The smallest absolute Gasteiger partial charge is 0.407 e. The monoisotopic (exact) mass is 459 g/mol. The number of ether oxygens (including phenoxy) is 1. The molecule has 0 spiro atoms. The van der Waals surface area contributed by atoms with Crippen molar-refractivity contribution in [3.8, 4) is 23.0 Å². The molecule has 3 aromatic carbocycles. The van der Waals surface area contributed by atoms with Crippen LogP contribution in [0.25, 0.3) is 11.1 Å². The van der Waals surface area contributed by atoms with Crippen molar-refractivity contribution in [3.05, 3.63) is 93.0 Å². The summed E-state index contributed by atoms with van der Waals surface area (Å²) in [4.78, 5) is 12.2. The van der Waals surface area contributed by atoms with Crippen LogP contribution in [-0.4, -0.2) is 19.2 Å². The first-order chi connectivity index (χ1) is 14.5. The Bertz CT molecular complexity index is 1100. The maximum Gasteiger partial charge on any atom is 0.407 e. The lowest BCUT2D eigenvalue weighted by Gasteiger charge is -2.14. The Labute approximate surface area is 185 Å². The van der Waals surface area contributed by atoms with Gasteiger partial charge in [-0.1, -0.05) is 76.3 Å². The van der Waals surface area contributed by atoms with Gasteiger partial charge in [-0.25, -0.2) is 4.79 Å². The average Bonchev–Trinajstić information content (AvgIpc) is 3.05. The lowest BCUT2D eigenvalue weighted by molar-refractivity contribution is 0.144. The zero-order chi connectivity index (χ0) is 21.1. The fourth-order valence-electron chi connectivity index (χ4n) is 4.01. The molecule has 0 unspecified atom stereocenters. The van der Waals surface area contributed by atoms with Gasteiger partial charge in [-0.2, -0.15) is 0 Å². The van der Waals surface area contributed by atoms with Gasteiger partial charge in [0.1, 0.15) is 6.61 Å². The molecule has 0 aromatic heterocycles. The van der Waals surface area contributed by atoms with Crippen LogP contribution in [-0.2, 0) is 4.74 Å². The molecule has 0 aliphatic heterocycles. The summed E-state index contributed by atoms with van der Waals surface area (Å²) in [6.07, 6.45) is -0.449. The summed E-state index contributed by atoms with van der Waals surface area (Å²) >= 11 is 3.49. The van der Waals surface area contributed by atoms with Crippen molar-refractivity contribution in [1.29, 1.82) is 0 Å². The number of rotatable bonds is 3. The van der Waals surface area contributed by atoms with Crippen LogP contribution in [0, 0.1) is 25.7 Å². The molecule has 4 rings (SSSR count). The van der Waals surface area contributed by atoms with Crippen LogP contribution < -0.4 is 5.32 Å². The quantitative estimate of drug-likeness (QED) is 0.490. The number of amides is 1. The molecule has 0 radical (unpaired) electrons. The normalized spacial score (nSPS) is 11.8. The molecule has 0 saturated carbocycles. The second-order valence-electron chi connectivity index (χ2n) is 7.40. The predicted octanol–water partition coefficient (Wildman–Crippen LogP) is 5.96. The molecule has 0 heterocycles. The average molecular weight is 460 g/mol. The van der Waals surface area contributed by atoms with Crippen molar-refractivity contribution in [2.24, 2.45) is 0 Å². The first-order valence-corrected chi connectivity index (χ1v) is 10.7. The molecule has 0 bridgehead atoms. The van der Waals surface area contributed by atoms with Gasteiger partial charge in [0.2, 0.25) is 0 Å². The van der Waals surface area contributed by atoms with Gasteiger partial charge < -0.3 is 10.1 Å². The van der Waals surface area contributed by atoms with Crippen LogP contribution >= 0.6 is 15.9 Å². The Morgan fingerprint density at radius 2 is 1.57 bits per heavy atom. The van der Waals surface area contributed by atoms with Gasteiger partial charge in [0, 0.05) is 16.0 Å². The molecule has 0 saturated heterocycles. The van der Waals surface area contributed by atoms with Gasteiger partial charge in [-0.15, -0.1) is 0 Å². The van der Waals surface area contributed by atoms with Crippen LogP contribution in [0.2, 0.25) is 0 Å². The molecule has 4 heteroatoms.